The van der Waals surface area contributed by atoms with Crippen LogP contribution in [0.25, 0.3) is 0 Å². The fraction of sp³-hybridized carbons (Fsp3) is 0.381. The summed E-state index contributed by atoms with van der Waals surface area (Å²) in [6.45, 7) is 1.66. The summed E-state index contributed by atoms with van der Waals surface area (Å²) >= 11 is 1.47. The molecule has 0 radical (unpaired) electrons. The molecular weight excluding hydrogens is 417 g/mol. The van der Waals surface area contributed by atoms with E-state index in [1.165, 1.54) is 11.8 Å². The van der Waals surface area contributed by atoms with Crippen LogP contribution >= 0.6 is 11.8 Å². The molecule has 30 heavy (non-hydrogen) atoms. The third-order valence-corrected chi connectivity index (χ3v) is 5.10. The van der Waals surface area contributed by atoms with E-state index in [1.807, 2.05) is 6.26 Å². The highest BCUT2D eigenvalue weighted by atomic mass is 32.2. The summed E-state index contributed by atoms with van der Waals surface area (Å²) in [6, 6.07) is 10.6. The number of ether oxygens (including phenoxy) is 2. The predicted molar refractivity (Wildman–Crippen MR) is 108 cm³/mol. The smallest absolute Gasteiger partial charge is 0.417 e. The number of carbonyl (C=O) groups is 1. The lowest BCUT2D eigenvalue weighted by Crippen LogP contribution is -2.23. The molecule has 0 amide bonds. The van der Waals surface area contributed by atoms with Crippen molar-refractivity contribution < 1.29 is 27.4 Å². The molecule has 160 valence electrons. The lowest BCUT2D eigenvalue weighted by atomic mass is 10.1. The number of carbonyl (C=O) groups excluding carboxylic acids is 1. The molecule has 5 nitrogen and oxygen atoms in total. The number of pyridine rings is 1. The summed E-state index contributed by atoms with van der Waals surface area (Å²) < 4.78 is 48.7. The van der Waals surface area contributed by atoms with Gasteiger partial charge >= 0.3 is 6.18 Å². The molecule has 2 rings (SSSR count). The third-order valence-electron chi connectivity index (χ3n) is 4.19. The van der Waals surface area contributed by atoms with Gasteiger partial charge in [-0.1, -0.05) is 0 Å². The zero-order valence-corrected chi connectivity index (χ0v) is 17.3. The first-order chi connectivity index (χ1) is 14.2. The van der Waals surface area contributed by atoms with Crippen LogP contribution in [0.3, 0.4) is 0 Å². The van der Waals surface area contributed by atoms with E-state index in [4.69, 9.17) is 14.7 Å². The topological polar surface area (TPSA) is 72.2 Å². The van der Waals surface area contributed by atoms with Crippen molar-refractivity contribution in [2.75, 3.05) is 6.26 Å². The number of halogens is 3. The predicted octanol–water partition coefficient (Wildman–Crippen LogP) is 5.65. The highest BCUT2D eigenvalue weighted by Gasteiger charge is 2.30. The highest BCUT2D eigenvalue weighted by molar-refractivity contribution is 7.99. The zero-order chi connectivity index (χ0) is 22.1. The van der Waals surface area contributed by atoms with Crippen molar-refractivity contribution in [2.45, 2.75) is 43.7 Å². The molecule has 2 unspecified atom stereocenters. The van der Waals surface area contributed by atoms with Crippen LogP contribution in [-0.2, 0) is 11.0 Å². The van der Waals surface area contributed by atoms with Crippen LogP contribution < -0.4 is 9.47 Å². The van der Waals surface area contributed by atoms with Gasteiger partial charge in [-0.15, -0.1) is 11.8 Å². The maximum Gasteiger partial charge on any atom is 0.417 e. The molecule has 0 saturated heterocycles. The maximum atomic E-state index is 12.6. The Balaban J connectivity index is 1.85. The van der Waals surface area contributed by atoms with Crippen LogP contribution in [0.5, 0.6) is 17.4 Å². The number of aromatic nitrogens is 1. The van der Waals surface area contributed by atoms with Crippen molar-refractivity contribution in [1.82, 2.24) is 4.98 Å². The summed E-state index contributed by atoms with van der Waals surface area (Å²) in [5, 5.41) is 8.80. The van der Waals surface area contributed by atoms with Crippen LogP contribution in [0.2, 0.25) is 0 Å². The van der Waals surface area contributed by atoms with E-state index in [0.717, 1.165) is 12.1 Å². The number of hydrogen-bond acceptors (Lipinski definition) is 6. The molecule has 0 fully saturated rings. The van der Waals surface area contributed by atoms with Gasteiger partial charge in [0.05, 0.1) is 16.9 Å². The van der Waals surface area contributed by atoms with Gasteiger partial charge in [0.25, 0.3) is 0 Å². The van der Waals surface area contributed by atoms with E-state index in [2.05, 4.69) is 11.1 Å². The van der Waals surface area contributed by atoms with E-state index in [1.54, 1.807) is 31.2 Å². The molecule has 0 N–H and O–H groups in total. The number of alkyl halides is 3. The summed E-state index contributed by atoms with van der Waals surface area (Å²) in [4.78, 5) is 15.8. The minimum atomic E-state index is -4.45. The van der Waals surface area contributed by atoms with Gasteiger partial charge in [0, 0.05) is 18.7 Å². The average molecular weight is 438 g/mol. The summed E-state index contributed by atoms with van der Waals surface area (Å²) in [6.07, 6.45) is -0.909. The molecule has 1 aromatic heterocycles. The molecule has 1 heterocycles. The van der Waals surface area contributed by atoms with Crippen LogP contribution in [0, 0.1) is 11.3 Å². The first-order valence-corrected chi connectivity index (χ1v) is 10.4. The van der Waals surface area contributed by atoms with Gasteiger partial charge in [-0.2, -0.15) is 18.4 Å². The van der Waals surface area contributed by atoms with E-state index in [0.29, 0.717) is 37.0 Å². The molecule has 0 bridgehead atoms. The number of hydrogen-bond donors (Lipinski definition) is 0. The van der Waals surface area contributed by atoms with Gasteiger partial charge in [-0.25, -0.2) is 4.98 Å². The SMILES string of the molecule is CSC(C#N)CCCC(=O)C(C)Oc1ccc(Oc2ccc(C(F)(F)F)cn2)cc1. The van der Waals surface area contributed by atoms with E-state index < -0.39 is 17.8 Å². The van der Waals surface area contributed by atoms with E-state index >= 15 is 0 Å². The number of Topliss-reactive ketones (excluding diaryl/α,β-unsaturated/α-hetero) is 1. The highest BCUT2D eigenvalue weighted by Crippen LogP contribution is 2.30. The number of nitrogens with zero attached hydrogens (tertiary/aromatic N) is 2. The molecule has 1 aromatic carbocycles. The molecule has 0 aliphatic rings. The fourth-order valence-electron chi connectivity index (χ4n) is 2.49. The Morgan fingerprint density at radius 1 is 1.20 bits per heavy atom. The van der Waals surface area contributed by atoms with Crippen LogP contribution in [0.15, 0.2) is 42.6 Å². The number of nitriles is 1. The first kappa shape index (κ1) is 23.5. The number of rotatable bonds is 10. The van der Waals surface area contributed by atoms with Gasteiger partial charge in [-0.3, -0.25) is 4.79 Å². The van der Waals surface area contributed by atoms with Gasteiger partial charge in [0.2, 0.25) is 5.88 Å². The largest absolute Gasteiger partial charge is 0.483 e. The molecular formula is C21H21F3N2O3S. The molecule has 2 atom stereocenters. The Morgan fingerprint density at radius 2 is 1.87 bits per heavy atom. The minimum absolute atomic E-state index is 0.0288. The van der Waals surface area contributed by atoms with Gasteiger partial charge < -0.3 is 9.47 Å². The lowest BCUT2D eigenvalue weighted by Gasteiger charge is -2.14. The Kier molecular flexibility index (Phi) is 8.54. The van der Waals surface area contributed by atoms with Crippen molar-refractivity contribution >= 4 is 17.5 Å². The normalized spacial score (nSPS) is 13.2. The average Bonchev–Trinajstić information content (AvgIpc) is 2.72. The zero-order valence-electron chi connectivity index (χ0n) is 16.5. The molecule has 0 aliphatic carbocycles. The van der Waals surface area contributed by atoms with Crippen molar-refractivity contribution in [2.24, 2.45) is 0 Å². The second-order valence-electron chi connectivity index (χ2n) is 6.43. The van der Waals surface area contributed by atoms with Crippen LogP contribution in [0.4, 0.5) is 13.2 Å². The van der Waals surface area contributed by atoms with Gasteiger partial charge in [-0.05, 0) is 56.4 Å². The molecule has 0 saturated carbocycles. The molecule has 2 aromatic rings. The van der Waals surface area contributed by atoms with Crippen LogP contribution in [0.1, 0.15) is 31.7 Å². The van der Waals surface area contributed by atoms with E-state index in [9.17, 15) is 18.0 Å². The first-order valence-electron chi connectivity index (χ1n) is 9.16. The Bertz CT molecular complexity index is 865. The van der Waals surface area contributed by atoms with E-state index in [-0.39, 0.29) is 16.9 Å². The Hall–Kier alpha value is -2.73. The van der Waals surface area contributed by atoms with Crippen molar-refractivity contribution in [1.29, 1.82) is 5.26 Å². The number of benzene rings is 1. The van der Waals surface area contributed by atoms with Crippen molar-refractivity contribution in [3.8, 4) is 23.4 Å². The molecule has 0 spiro atoms. The molecule has 0 aliphatic heterocycles. The maximum absolute atomic E-state index is 12.6. The Labute approximate surface area is 177 Å². The van der Waals surface area contributed by atoms with Crippen molar-refractivity contribution in [3.05, 3.63) is 48.2 Å². The van der Waals surface area contributed by atoms with Crippen molar-refractivity contribution in [3.63, 3.8) is 0 Å². The Morgan fingerprint density at radius 3 is 2.40 bits per heavy atom. The number of thioether (sulfide) groups is 1. The number of ketones is 1. The second kappa shape index (κ2) is 10.9. The summed E-state index contributed by atoms with van der Waals surface area (Å²) in [5.74, 6) is 0.805. The quantitative estimate of drug-likeness (QED) is 0.477. The fourth-order valence-corrected chi connectivity index (χ4v) is 2.99. The monoisotopic (exact) mass is 438 g/mol. The third kappa shape index (κ3) is 7.26. The summed E-state index contributed by atoms with van der Waals surface area (Å²) in [5.41, 5.74) is -0.853. The van der Waals surface area contributed by atoms with Crippen LogP contribution in [-0.4, -0.2) is 28.4 Å². The second-order valence-corrected chi connectivity index (χ2v) is 7.47. The summed E-state index contributed by atoms with van der Waals surface area (Å²) in [7, 11) is 0. The molecule has 9 heteroatoms. The lowest BCUT2D eigenvalue weighted by molar-refractivity contribution is -0.137. The minimum Gasteiger partial charge on any atom is -0.483 e. The standard InChI is InChI=1S/C21H21F3N2O3S/c1-14(19(27)5-3-4-18(12-25)30-2)28-16-7-9-17(10-8-16)29-20-11-6-15(13-26-20)21(22,23)24/h6-11,13-14,18H,3-5H2,1-2H3. The van der Waals surface area contributed by atoms with Gasteiger partial charge in [0.15, 0.2) is 11.9 Å². The van der Waals surface area contributed by atoms with Gasteiger partial charge in [0.1, 0.15) is 11.5 Å².